The molecule has 4 nitrogen and oxygen atoms in total. The van der Waals surface area contributed by atoms with E-state index in [-0.39, 0.29) is 5.91 Å². The molecule has 1 atom stereocenters. The van der Waals surface area contributed by atoms with Crippen LogP contribution >= 0.6 is 0 Å². The quantitative estimate of drug-likeness (QED) is 0.642. The van der Waals surface area contributed by atoms with Gasteiger partial charge in [-0.3, -0.25) is 4.79 Å². The van der Waals surface area contributed by atoms with Gasteiger partial charge in [-0.2, -0.15) is 0 Å². The van der Waals surface area contributed by atoms with Crippen LogP contribution in [-0.4, -0.2) is 50.6 Å². The number of hydrogen-bond acceptors (Lipinski definition) is 3. The summed E-state index contributed by atoms with van der Waals surface area (Å²) in [4.78, 5) is 13.4. The molecule has 4 heteroatoms. The minimum Gasteiger partial charge on any atom is -0.355 e. The van der Waals surface area contributed by atoms with Crippen molar-refractivity contribution in [3.63, 3.8) is 0 Å². The Morgan fingerprint density at radius 2 is 1.80 bits per heavy atom. The molecule has 0 spiro atoms. The lowest BCUT2D eigenvalue weighted by Gasteiger charge is -2.19. The molecule has 0 rings (SSSR count). The number of carbonyl (C=O) groups excluding carboxylic acids is 1. The summed E-state index contributed by atoms with van der Waals surface area (Å²) in [5.41, 5.74) is 0. The van der Waals surface area contributed by atoms with Crippen molar-refractivity contribution in [3.05, 3.63) is 0 Å². The van der Waals surface area contributed by atoms with Crippen LogP contribution in [-0.2, 0) is 4.79 Å². The average Bonchev–Trinajstić information content (AvgIpc) is 2.14. The summed E-state index contributed by atoms with van der Waals surface area (Å²) in [6.45, 7) is 8.29. The van der Waals surface area contributed by atoms with Crippen molar-refractivity contribution in [2.45, 2.75) is 26.8 Å². The van der Waals surface area contributed by atoms with Gasteiger partial charge in [-0.05, 0) is 26.9 Å². The fourth-order valence-electron chi connectivity index (χ4n) is 0.958. The third-order valence-corrected chi connectivity index (χ3v) is 2.31. The fourth-order valence-corrected chi connectivity index (χ4v) is 0.958. The van der Waals surface area contributed by atoms with Crippen molar-refractivity contribution >= 4 is 5.91 Å². The van der Waals surface area contributed by atoms with Crippen LogP contribution in [0.5, 0.6) is 0 Å². The van der Waals surface area contributed by atoms with Crippen LogP contribution in [0.15, 0.2) is 0 Å². The van der Waals surface area contributed by atoms with E-state index in [2.05, 4.69) is 36.3 Å². The Balaban J connectivity index is 3.47. The molecule has 0 aromatic carbocycles. The second-order valence-corrected chi connectivity index (χ2v) is 4.64. The van der Waals surface area contributed by atoms with Gasteiger partial charge >= 0.3 is 0 Å². The minimum absolute atomic E-state index is 0.0784. The Kier molecular flexibility index (Phi) is 7.34. The molecule has 0 aliphatic rings. The normalized spacial score (nSPS) is 13.3. The van der Waals surface area contributed by atoms with Crippen LogP contribution in [0.25, 0.3) is 0 Å². The molecular formula is C11H25N3O. The van der Waals surface area contributed by atoms with Gasteiger partial charge in [0.05, 0.1) is 6.54 Å². The van der Waals surface area contributed by atoms with Crippen molar-refractivity contribution < 1.29 is 4.79 Å². The predicted octanol–water partition coefficient (Wildman–Crippen LogP) is 0.298. The molecule has 1 amide bonds. The maximum absolute atomic E-state index is 11.3. The first kappa shape index (κ1) is 14.4. The van der Waals surface area contributed by atoms with Gasteiger partial charge < -0.3 is 15.5 Å². The van der Waals surface area contributed by atoms with Gasteiger partial charge in [0.15, 0.2) is 0 Å². The lowest BCUT2D eigenvalue weighted by atomic mass is 10.2. The van der Waals surface area contributed by atoms with Crippen LogP contribution < -0.4 is 10.6 Å². The van der Waals surface area contributed by atoms with Crippen LogP contribution in [0.3, 0.4) is 0 Å². The van der Waals surface area contributed by atoms with E-state index in [4.69, 9.17) is 0 Å². The summed E-state index contributed by atoms with van der Waals surface area (Å²) in [5.74, 6) is 0.587. The number of likely N-dealkylation sites (N-methyl/N-ethyl adjacent to an activating group) is 1. The van der Waals surface area contributed by atoms with Crippen molar-refractivity contribution in [2.75, 3.05) is 33.7 Å². The number of hydrogen-bond donors (Lipinski definition) is 2. The zero-order valence-corrected chi connectivity index (χ0v) is 10.6. The molecule has 0 aliphatic heterocycles. The topological polar surface area (TPSA) is 44.4 Å². The number of nitrogens with one attached hydrogen (secondary N) is 2. The molecule has 90 valence electrons. The molecule has 1 unspecified atom stereocenters. The molecule has 0 bridgehead atoms. The zero-order valence-electron chi connectivity index (χ0n) is 10.6. The highest BCUT2D eigenvalue weighted by atomic mass is 16.1. The van der Waals surface area contributed by atoms with Gasteiger partial charge in [0.25, 0.3) is 0 Å². The molecule has 0 heterocycles. The SMILES string of the molecule is CC(C)CNC(=O)CNCC(C)N(C)C. The Morgan fingerprint density at radius 3 is 2.27 bits per heavy atom. The summed E-state index contributed by atoms with van der Waals surface area (Å²) >= 11 is 0. The van der Waals surface area contributed by atoms with E-state index in [1.807, 2.05) is 14.1 Å². The summed E-state index contributed by atoms with van der Waals surface area (Å²) < 4.78 is 0. The summed E-state index contributed by atoms with van der Waals surface area (Å²) in [5, 5.41) is 6.01. The molecular weight excluding hydrogens is 190 g/mol. The molecule has 0 aliphatic carbocycles. The minimum atomic E-state index is 0.0784. The Hall–Kier alpha value is -0.610. The molecule has 0 radical (unpaired) electrons. The molecule has 0 fully saturated rings. The molecule has 0 aromatic heterocycles. The maximum Gasteiger partial charge on any atom is 0.233 e. The molecule has 15 heavy (non-hydrogen) atoms. The highest BCUT2D eigenvalue weighted by Gasteiger charge is 2.05. The third-order valence-electron chi connectivity index (χ3n) is 2.31. The second kappa shape index (κ2) is 7.65. The van der Waals surface area contributed by atoms with Gasteiger partial charge in [-0.25, -0.2) is 0 Å². The highest BCUT2D eigenvalue weighted by Crippen LogP contribution is 1.88. The van der Waals surface area contributed by atoms with E-state index in [0.29, 0.717) is 18.5 Å². The molecule has 0 aromatic rings. The fraction of sp³-hybridized carbons (Fsp3) is 0.909. The standard InChI is InChI=1S/C11H25N3O/c1-9(2)6-13-11(15)8-12-7-10(3)14(4)5/h9-10,12H,6-8H2,1-5H3,(H,13,15). The van der Waals surface area contributed by atoms with Crippen molar-refractivity contribution in [1.82, 2.24) is 15.5 Å². The number of nitrogens with zero attached hydrogens (tertiary/aromatic N) is 1. The first-order valence-corrected chi connectivity index (χ1v) is 5.57. The van der Waals surface area contributed by atoms with E-state index >= 15 is 0 Å². The molecule has 0 saturated heterocycles. The Bertz CT molecular complexity index is 181. The van der Waals surface area contributed by atoms with Crippen LogP contribution in [0.4, 0.5) is 0 Å². The lowest BCUT2D eigenvalue weighted by Crippen LogP contribution is -2.41. The summed E-state index contributed by atoms with van der Waals surface area (Å²) in [6.07, 6.45) is 0. The van der Waals surface area contributed by atoms with E-state index < -0.39 is 0 Å². The monoisotopic (exact) mass is 215 g/mol. The van der Waals surface area contributed by atoms with E-state index in [1.54, 1.807) is 0 Å². The number of amides is 1. The van der Waals surface area contributed by atoms with Crippen LogP contribution in [0, 0.1) is 5.92 Å². The smallest absolute Gasteiger partial charge is 0.233 e. The second-order valence-electron chi connectivity index (χ2n) is 4.64. The predicted molar refractivity (Wildman–Crippen MR) is 63.9 cm³/mol. The first-order chi connectivity index (χ1) is 6.93. The van der Waals surface area contributed by atoms with Gasteiger partial charge in [0, 0.05) is 19.1 Å². The van der Waals surface area contributed by atoms with E-state index in [9.17, 15) is 4.79 Å². The third kappa shape index (κ3) is 8.39. The largest absolute Gasteiger partial charge is 0.355 e. The van der Waals surface area contributed by atoms with Crippen molar-refractivity contribution in [2.24, 2.45) is 5.92 Å². The van der Waals surface area contributed by atoms with Crippen LogP contribution in [0.2, 0.25) is 0 Å². The summed E-state index contributed by atoms with van der Waals surface area (Å²) in [6, 6.07) is 0.447. The zero-order chi connectivity index (χ0) is 11.8. The molecule has 2 N–H and O–H groups in total. The molecule has 0 saturated carbocycles. The average molecular weight is 215 g/mol. The van der Waals surface area contributed by atoms with Crippen molar-refractivity contribution in [1.29, 1.82) is 0 Å². The van der Waals surface area contributed by atoms with Gasteiger partial charge in [0.2, 0.25) is 5.91 Å². The summed E-state index contributed by atoms with van der Waals surface area (Å²) in [7, 11) is 4.07. The Morgan fingerprint density at radius 1 is 1.20 bits per heavy atom. The number of rotatable bonds is 7. The Labute approximate surface area is 93.4 Å². The van der Waals surface area contributed by atoms with Gasteiger partial charge in [-0.1, -0.05) is 13.8 Å². The highest BCUT2D eigenvalue weighted by molar-refractivity contribution is 5.77. The van der Waals surface area contributed by atoms with Gasteiger partial charge in [0.1, 0.15) is 0 Å². The first-order valence-electron chi connectivity index (χ1n) is 5.57. The lowest BCUT2D eigenvalue weighted by molar-refractivity contribution is -0.120. The van der Waals surface area contributed by atoms with Crippen LogP contribution in [0.1, 0.15) is 20.8 Å². The van der Waals surface area contributed by atoms with Gasteiger partial charge in [-0.15, -0.1) is 0 Å². The number of carbonyl (C=O) groups is 1. The maximum atomic E-state index is 11.3. The van der Waals surface area contributed by atoms with E-state index in [1.165, 1.54) is 0 Å². The van der Waals surface area contributed by atoms with E-state index in [0.717, 1.165) is 13.1 Å². The van der Waals surface area contributed by atoms with Crippen molar-refractivity contribution in [3.8, 4) is 0 Å².